The van der Waals surface area contributed by atoms with Crippen LogP contribution in [0.25, 0.3) is 22.6 Å². The number of amides is 1. The van der Waals surface area contributed by atoms with Gasteiger partial charge in [0.1, 0.15) is 11.3 Å². The zero-order valence-electron chi connectivity index (χ0n) is 17.0. The van der Waals surface area contributed by atoms with Gasteiger partial charge in [-0.15, -0.1) is 0 Å². The van der Waals surface area contributed by atoms with Crippen molar-refractivity contribution in [3.8, 4) is 17.2 Å². The summed E-state index contributed by atoms with van der Waals surface area (Å²) in [6.07, 6.45) is 0. The van der Waals surface area contributed by atoms with Crippen molar-refractivity contribution in [2.45, 2.75) is 19.8 Å². The second-order valence-electron chi connectivity index (χ2n) is 7.36. The van der Waals surface area contributed by atoms with Gasteiger partial charge in [-0.3, -0.25) is 4.79 Å². The molecule has 0 atom stereocenters. The number of nitrogens with zero attached hydrogens (tertiary/aromatic N) is 1. The Bertz CT molecular complexity index is 1230. The molecule has 0 aliphatic rings. The number of oxazole rings is 1. The van der Waals surface area contributed by atoms with Gasteiger partial charge < -0.3 is 14.5 Å². The average molecular weight is 455 g/mol. The summed E-state index contributed by atoms with van der Waals surface area (Å²) in [7, 11) is 0. The van der Waals surface area contributed by atoms with Crippen molar-refractivity contribution in [3.05, 3.63) is 76.3 Å². The van der Waals surface area contributed by atoms with Crippen molar-refractivity contribution in [2.75, 3.05) is 11.9 Å². The number of carbonyl (C=O) groups is 1. The third kappa shape index (κ3) is 4.84. The minimum atomic E-state index is -0.270. The maximum atomic E-state index is 12.3. The van der Waals surface area contributed by atoms with Gasteiger partial charge in [0, 0.05) is 5.69 Å². The molecule has 31 heavy (non-hydrogen) atoms. The molecule has 1 heterocycles. The van der Waals surface area contributed by atoms with Crippen molar-refractivity contribution >= 4 is 45.9 Å². The van der Waals surface area contributed by atoms with Crippen LogP contribution >= 0.6 is 23.2 Å². The van der Waals surface area contributed by atoms with Gasteiger partial charge in [-0.25, -0.2) is 4.98 Å². The number of halogens is 2. The van der Waals surface area contributed by atoms with Crippen LogP contribution in [0.15, 0.2) is 65.1 Å². The van der Waals surface area contributed by atoms with Gasteiger partial charge >= 0.3 is 0 Å². The summed E-state index contributed by atoms with van der Waals surface area (Å²) in [5.41, 5.74) is 3.58. The number of aromatic nitrogens is 1. The Morgan fingerprint density at radius 2 is 1.87 bits per heavy atom. The van der Waals surface area contributed by atoms with Crippen molar-refractivity contribution < 1.29 is 13.9 Å². The monoisotopic (exact) mass is 454 g/mol. The highest BCUT2D eigenvalue weighted by Gasteiger charge is 2.14. The van der Waals surface area contributed by atoms with Crippen LogP contribution in [0.4, 0.5) is 5.69 Å². The molecule has 0 spiro atoms. The first-order valence-corrected chi connectivity index (χ1v) is 10.5. The minimum Gasteiger partial charge on any atom is -0.484 e. The number of rotatable bonds is 6. The first kappa shape index (κ1) is 21.2. The highest BCUT2D eigenvalue weighted by molar-refractivity contribution is 6.43. The van der Waals surface area contributed by atoms with E-state index in [2.05, 4.69) is 24.1 Å². The molecule has 0 aliphatic heterocycles. The molecule has 0 fully saturated rings. The van der Waals surface area contributed by atoms with E-state index in [1.54, 1.807) is 36.4 Å². The molecule has 7 heteroatoms. The maximum Gasteiger partial charge on any atom is 0.262 e. The Morgan fingerprint density at radius 3 is 2.61 bits per heavy atom. The first-order valence-electron chi connectivity index (χ1n) is 9.78. The quantitative estimate of drug-likeness (QED) is 0.342. The Morgan fingerprint density at radius 1 is 1.10 bits per heavy atom. The van der Waals surface area contributed by atoms with Gasteiger partial charge in [0.2, 0.25) is 5.89 Å². The highest BCUT2D eigenvalue weighted by Crippen LogP contribution is 2.34. The van der Waals surface area contributed by atoms with Crippen LogP contribution in [0.5, 0.6) is 5.75 Å². The number of hydrogen-bond donors (Lipinski definition) is 1. The molecule has 5 nitrogen and oxygen atoms in total. The van der Waals surface area contributed by atoms with Crippen molar-refractivity contribution in [1.29, 1.82) is 0 Å². The van der Waals surface area contributed by atoms with E-state index < -0.39 is 0 Å². The summed E-state index contributed by atoms with van der Waals surface area (Å²) in [6, 6.07) is 18.2. The van der Waals surface area contributed by atoms with Crippen LogP contribution in [0.2, 0.25) is 10.0 Å². The first-order chi connectivity index (χ1) is 14.9. The lowest BCUT2D eigenvalue weighted by molar-refractivity contribution is -0.118. The normalized spacial score (nSPS) is 11.1. The zero-order chi connectivity index (χ0) is 22.0. The number of anilines is 1. The molecule has 1 N–H and O–H groups in total. The third-order valence-electron chi connectivity index (χ3n) is 4.77. The Hall–Kier alpha value is -3.02. The molecule has 3 aromatic carbocycles. The van der Waals surface area contributed by atoms with Gasteiger partial charge in [-0.1, -0.05) is 55.2 Å². The van der Waals surface area contributed by atoms with E-state index in [9.17, 15) is 4.79 Å². The van der Waals surface area contributed by atoms with E-state index in [1.165, 1.54) is 5.56 Å². The maximum absolute atomic E-state index is 12.3. The number of carbonyl (C=O) groups excluding carboxylic acids is 1. The van der Waals surface area contributed by atoms with Gasteiger partial charge in [-0.2, -0.15) is 0 Å². The summed E-state index contributed by atoms with van der Waals surface area (Å²) in [5, 5.41) is 3.61. The lowest BCUT2D eigenvalue weighted by Gasteiger charge is -2.09. The fraction of sp³-hybridized carbons (Fsp3) is 0.167. The van der Waals surface area contributed by atoms with Gasteiger partial charge in [0.25, 0.3) is 5.91 Å². The summed E-state index contributed by atoms with van der Waals surface area (Å²) in [4.78, 5) is 16.8. The van der Waals surface area contributed by atoms with E-state index in [1.807, 2.05) is 24.3 Å². The van der Waals surface area contributed by atoms with Crippen LogP contribution in [0.3, 0.4) is 0 Å². The van der Waals surface area contributed by atoms with Gasteiger partial charge in [0.15, 0.2) is 12.2 Å². The van der Waals surface area contributed by atoms with Gasteiger partial charge in [-0.05, 0) is 53.9 Å². The van der Waals surface area contributed by atoms with Crippen LogP contribution in [0.1, 0.15) is 25.3 Å². The van der Waals surface area contributed by atoms with Gasteiger partial charge in [0.05, 0.1) is 15.6 Å². The van der Waals surface area contributed by atoms with E-state index >= 15 is 0 Å². The number of fused-ring (bicyclic) bond motifs is 1. The number of ether oxygens (including phenoxy) is 1. The lowest BCUT2D eigenvalue weighted by atomic mass is 10.0. The molecule has 0 saturated carbocycles. The number of hydrogen-bond acceptors (Lipinski definition) is 4. The smallest absolute Gasteiger partial charge is 0.262 e. The molecule has 1 aromatic heterocycles. The van der Waals surface area contributed by atoms with Crippen LogP contribution < -0.4 is 10.1 Å². The van der Waals surface area contributed by atoms with E-state index in [-0.39, 0.29) is 12.5 Å². The fourth-order valence-corrected chi connectivity index (χ4v) is 3.47. The predicted molar refractivity (Wildman–Crippen MR) is 124 cm³/mol. The van der Waals surface area contributed by atoms with Crippen molar-refractivity contribution in [1.82, 2.24) is 4.98 Å². The predicted octanol–water partition coefficient (Wildman–Crippen LogP) is 6.94. The molecule has 0 saturated heterocycles. The number of nitrogens with one attached hydrogen (secondary N) is 1. The largest absolute Gasteiger partial charge is 0.484 e. The Balaban J connectivity index is 1.43. The second-order valence-corrected chi connectivity index (χ2v) is 8.15. The summed E-state index contributed by atoms with van der Waals surface area (Å²) in [5.74, 6) is 1.18. The molecule has 0 radical (unpaired) electrons. The standard InChI is InChI=1S/C24H20Cl2N2O3/c1-14(2)15-6-9-17(10-7-15)30-13-22(29)27-16-8-11-21-20(12-16)28-24(31-21)18-4-3-5-19(25)23(18)26/h3-12,14H,13H2,1-2H3,(H,27,29). The summed E-state index contributed by atoms with van der Waals surface area (Å²) in [6.45, 7) is 4.16. The molecule has 1 amide bonds. The SMILES string of the molecule is CC(C)c1ccc(OCC(=O)Nc2ccc3oc(-c4cccc(Cl)c4Cl)nc3c2)cc1. The molecule has 4 rings (SSSR count). The summed E-state index contributed by atoms with van der Waals surface area (Å²) < 4.78 is 11.4. The fourth-order valence-electron chi connectivity index (χ4n) is 3.08. The Kier molecular flexibility index (Phi) is 6.16. The van der Waals surface area contributed by atoms with E-state index in [0.717, 1.165) is 0 Å². The molecule has 4 aromatic rings. The van der Waals surface area contributed by atoms with Crippen LogP contribution in [-0.2, 0) is 4.79 Å². The van der Waals surface area contributed by atoms with Crippen LogP contribution in [-0.4, -0.2) is 17.5 Å². The number of benzene rings is 3. The molecule has 0 bridgehead atoms. The zero-order valence-corrected chi connectivity index (χ0v) is 18.5. The highest BCUT2D eigenvalue weighted by atomic mass is 35.5. The topological polar surface area (TPSA) is 64.4 Å². The lowest BCUT2D eigenvalue weighted by Crippen LogP contribution is -2.20. The van der Waals surface area contributed by atoms with Crippen molar-refractivity contribution in [2.24, 2.45) is 0 Å². The van der Waals surface area contributed by atoms with Crippen molar-refractivity contribution in [3.63, 3.8) is 0 Å². The summed E-state index contributed by atoms with van der Waals surface area (Å²) >= 11 is 12.3. The minimum absolute atomic E-state index is 0.0960. The molecule has 0 aliphatic carbocycles. The van der Waals surface area contributed by atoms with E-state index in [4.69, 9.17) is 32.4 Å². The average Bonchev–Trinajstić information content (AvgIpc) is 3.17. The molecular formula is C24H20Cl2N2O3. The molecular weight excluding hydrogens is 435 g/mol. The molecule has 0 unspecified atom stereocenters. The molecule has 158 valence electrons. The van der Waals surface area contributed by atoms with E-state index in [0.29, 0.717) is 50.0 Å². The third-order valence-corrected chi connectivity index (χ3v) is 5.59. The van der Waals surface area contributed by atoms with Crippen LogP contribution in [0, 0.1) is 0 Å². The second kappa shape index (κ2) is 9.00. The Labute approximate surface area is 189 Å².